The van der Waals surface area contributed by atoms with Crippen LogP contribution in [0, 0.1) is 6.92 Å². The number of nitrogens with one attached hydrogen (secondary N) is 1. The molecule has 2 aromatic heterocycles. The molecule has 2 heterocycles. The molecule has 6 heteroatoms. The van der Waals surface area contributed by atoms with Crippen LogP contribution in [0.25, 0.3) is 21.5 Å². The quantitative estimate of drug-likeness (QED) is 0.566. The fraction of sp³-hybridized carbons (Fsp3) is 0.0556. The first kappa shape index (κ1) is 15.0. The van der Waals surface area contributed by atoms with Crippen molar-refractivity contribution in [3.05, 3.63) is 64.5 Å². The Morgan fingerprint density at radius 2 is 1.71 bits per heavy atom. The van der Waals surface area contributed by atoms with Crippen molar-refractivity contribution in [1.82, 2.24) is 9.97 Å². The van der Waals surface area contributed by atoms with Crippen molar-refractivity contribution >= 4 is 43.9 Å². The van der Waals surface area contributed by atoms with E-state index < -0.39 is 0 Å². The third-order valence-corrected chi connectivity index (χ3v) is 5.42. The summed E-state index contributed by atoms with van der Waals surface area (Å²) in [6.45, 7) is 1.91. The molecule has 0 aliphatic carbocycles. The lowest BCUT2D eigenvalue weighted by molar-refractivity contribution is 0.103. The molecule has 0 atom stereocenters. The lowest BCUT2D eigenvalue weighted by Gasteiger charge is -2.02. The van der Waals surface area contributed by atoms with Crippen molar-refractivity contribution in [2.75, 3.05) is 5.32 Å². The molecule has 4 nitrogen and oxygen atoms in total. The van der Waals surface area contributed by atoms with Crippen molar-refractivity contribution in [1.29, 1.82) is 0 Å². The van der Waals surface area contributed by atoms with Gasteiger partial charge in [-0.2, -0.15) is 0 Å². The van der Waals surface area contributed by atoms with Crippen molar-refractivity contribution in [3.63, 3.8) is 0 Å². The standard InChI is InChI=1S/C18H13N3OS2/c1-11-19-15(12-7-3-2-4-8-12)16(23-11)17(22)21-18-20-13-9-5-6-10-14(13)24-18/h2-10H,1H3,(H,20,21,22). The number of thiazole rings is 2. The summed E-state index contributed by atoms with van der Waals surface area (Å²) in [5.74, 6) is -0.168. The van der Waals surface area contributed by atoms with E-state index in [1.54, 1.807) is 0 Å². The Morgan fingerprint density at radius 1 is 0.958 bits per heavy atom. The molecule has 0 bridgehead atoms. The van der Waals surface area contributed by atoms with Crippen LogP contribution < -0.4 is 5.32 Å². The van der Waals surface area contributed by atoms with Crippen LogP contribution in [0.15, 0.2) is 54.6 Å². The predicted molar refractivity (Wildman–Crippen MR) is 99.9 cm³/mol. The van der Waals surface area contributed by atoms with Crippen LogP contribution in [0.3, 0.4) is 0 Å². The summed E-state index contributed by atoms with van der Waals surface area (Å²) in [6, 6.07) is 17.6. The number of fused-ring (bicyclic) bond motifs is 1. The zero-order valence-corrected chi connectivity index (χ0v) is 14.4. The molecular formula is C18H13N3OS2. The van der Waals surface area contributed by atoms with Gasteiger partial charge in [-0.25, -0.2) is 9.97 Å². The van der Waals surface area contributed by atoms with E-state index in [9.17, 15) is 4.79 Å². The molecule has 4 aromatic rings. The molecule has 4 rings (SSSR count). The van der Waals surface area contributed by atoms with E-state index in [0.717, 1.165) is 26.5 Å². The number of nitrogens with zero attached hydrogens (tertiary/aromatic N) is 2. The monoisotopic (exact) mass is 351 g/mol. The number of carbonyl (C=O) groups excluding carboxylic acids is 1. The second-order valence-corrected chi connectivity index (χ2v) is 7.45. The summed E-state index contributed by atoms with van der Waals surface area (Å²) in [6.07, 6.45) is 0. The van der Waals surface area contributed by atoms with Crippen LogP contribution in [0.2, 0.25) is 0 Å². The van der Waals surface area contributed by atoms with Crippen LogP contribution in [0.5, 0.6) is 0 Å². The molecule has 0 radical (unpaired) electrons. The van der Waals surface area contributed by atoms with Gasteiger partial charge in [-0.3, -0.25) is 10.1 Å². The number of carbonyl (C=O) groups is 1. The summed E-state index contributed by atoms with van der Waals surface area (Å²) < 4.78 is 1.05. The maximum atomic E-state index is 12.7. The molecule has 1 amide bonds. The molecule has 0 aliphatic rings. The SMILES string of the molecule is Cc1nc(-c2ccccc2)c(C(=O)Nc2nc3ccccc3s2)s1. The number of hydrogen-bond acceptors (Lipinski definition) is 5. The van der Waals surface area contributed by atoms with Gasteiger partial charge in [0, 0.05) is 5.56 Å². The fourth-order valence-corrected chi connectivity index (χ4v) is 4.15. The lowest BCUT2D eigenvalue weighted by Crippen LogP contribution is -2.11. The van der Waals surface area contributed by atoms with E-state index >= 15 is 0 Å². The van der Waals surface area contributed by atoms with Crippen LogP contribution >= 0.6 is 22.7 Å². The lowest BCUT2D eigenvalue weighted by atomic mass is 10.1. The number of aromatic nitrogens is 2. The average Bonchev–Trinajstić information content (AvgIpc) is 3.18. The number of rotatable bonds is 3. The number of para-hydroxylation sites is 1. The summed E-state index contributed by atoms with van der Waals surface area (Å²) >= 11 is 2.87. The maximum absolute atomic E-state index is 12.7. The molecule has 0 spiro atoms. The molecule has 0 unspecified atom stereocenters. The summed E-state index contributed by atoms with van der Waals surface area (Å²) in [5, 5.41) is 4.38. The number of anilines is 1. The topological polar surface area (TPSA) is 54.9 Å². The third-order valence-electron chi connectivity index (χ3n) is 3.50. The molecule has 1 N–H and O–H groups in total. The van der Waals surface area contributed by atoms with Gasteiger partial charge in [0.25, 0.3) is 5.91 Å². The Labute approximate surface area is 146 Å². The Balaban J connectivity index is 1.67. The number of benzene rings is 2. The summed E-state index contributed by atoms with van der Waals surface area (Å²) in [4.78, 5) is 22.3. The highest BCUT2D eigenvalue weighted by molar-refractivity contribution is 7.22. The van der Waals surface area contributed by atoms with Gasteiger partial charge in [-0.15, -0.1) is 11.3 Å². The summed E-state index contributed by atoms with van der Waals surface area (Å²) in [7, 11) is 0. The van der Waals surface area contributed by atoms with Crippen LogP contribution in [-0.2, 0) is 0 Å². The van der Waals surface area contributed by atoms with Gasteiger partial charge < -0.3 is 0 Å². The molecule has 2 aromatic carbocycles. The van der Waals surface area contributed by atoms with Crippen LogP contribution in [0.4, 0.5) is 5.13 Å². The first-order valence-electron chi connectivity index (χ1n) is 7.40. The van der Waals surface area contributed by atoms with Gasteiger partial charge in [-0.05, 0) is 19.1 Å². The van der Waals surface area contributed by atoms with Gasteiger partial charge in [0.15, 0.2) is 5.13 Å². The van der Waals surface area contributed by atoms with Crippen molar-refractivity contribution in [3.8, 4) is 11.3 Å². The molecule has 0 saturated heterocycles. The minimum Gasteiger partial charge on any atom is -0.297 e. The molecule has 0 fully saturated rings. The normalized spacial score (nSPS) is 10.9. The highest BCUT2D eigenvalue weighted by Gasteiger charge is 2.19. The number of hydrogen-bond donors (Lipinski definition) is 1. The Kier molecular flexibility index (Phi) is 3.84. The van der Waals surface area contributed by atoms with E-state index in [4.69, 9.17) is 0 Å². The van der Waals surface area contributed by atoms with E-state index in [0.29, 0.717) is 10.0 Å². The largest absolute Gasteiger partial charge is 0.297 e. The molecule has 118 valence electrons. The second-order valence-electron chi connectivity index (χ2n) is 5.22. The van der Waals surface area contributed by atoms with Gasteiger partial charge in [0.2, 0.25) is 0 Å². The number of aryl methyl sites for hydroxylation is 1. The molecule has 0 aliphatic heterocycles. The Morgan fingerprint density at radius 3 is 2.50 bits per heavy atom. The smallest absolute Gasteiger partial charge is 0.269 e. The van der Waals surface area contributed by atoms with Gasteiger partial charge in [0.05, 0.1) is 20.9 Å². The van der Waals surface area contributed by atoms with E-state index in [1.165, 1.54) is 22.7 Å². The van der Waals surface area contributed by atoms with Crippen molar-refractivity contribution in [2.24, 2.45) is 0 Å². The summed E-state index contributed by atoms with van der Waals surface area (Å²) in [5.41, 5.74) is 2.55. The highest BCUT2D eigenvalue weighted by Crippen LogP contribution is 2.30. The Bertz CT molecular complexity index is 988. The van der Waals surface area contributed by atoms with E-state index in [-0.39, 0.29) is 5.91 Å². The highest BCUT2D eigenvalue weighted by atomic mass is 32.1. The molecule has 24 heavy (non-hydrogen) atoms. The zero-order chi connectivity index (χ0) is 16.5. The van der Waals surface area contributed by atoms with Gasteiger partial charge in [-0.1, -0.05) is 53.8 Å². The predicted octanol–water partition coefficient (Wildman–Crippen LogP) is 4.98. The third kappa shape index (κ3) is 2.81. The molecule has 0 saturated carbocycles. The van der Waals surface area contributed by atoms with Crippen LogP contribution in [0.1, 0.15) is 14.7 Å². The van der Waals surface area contributed by atoms with Crippen molar-refractivity contribution in [2.45, 2.75) is 6.92 Å². The molecular weight excluding hydrogens is 338 g/mol. The first-order valence-corrected chi connectivity index (χ1v) is 9.04. The minimum absolute atomic E-state index is 0.168. The minimum atomic E-state index is -0.168. The maximum Gasteiger partial charge on any atom is 0.269 e. The zero-order valence-electron chi connectivity index (χ0n) is 12.8. The van der Waals surface area contributed by atoms with Crippen LogP contribution in [-0.4, -0.2) is 15.9 Å². The van der Waals surface area contributed by atoms with E-state index in [1.807, 2.05) is 61.5 Å². The second kappa shape index (κ2) is 6.14. The van der Waals surface area contributed by atoms with Crippen molar-refractivity contribution < 1.29 is 4.79 Å². The van der Waals surface area contributed by atoms with E-state index in [2.05, 4.69) is 15.3 Å². The van der Waals surface area contributed by atoms with Gasteiger partial charge >= 0.3 is 0 Å². The Hall–Kier alpha value is -2.57. The first-order chi connectivity index (χ1) is 11.7. The van der Waals surface area contributed by atoms with Gasteiger partial charge in [0.1, 0.15) is 4.88 Å². The average molecular weight is 351 g/mol. The fourth-order valence-electron chi connectivity index (χ4n) is 2.45. The number of amides is 1.